The van der Waals surface area contributed by atoms with Crippen LogP contribution in [0.15, 0.2) is 42.5 Å². The van der Waals surface area contributed by atoms with Gasteiger partial charge in [-0.2, -0.15) is 0 Å². The number of benzene rings is 2. The van der Waals surface area contributed by atoms with Crippen LogP contribution in [-0.2, 0) is 4.79 Å². The third-order valence-corrected chi connectivity index (χ3v) is 13.9. The van der Waals surface area contributed by atoms with E-state index in [2.05, 4.69) is 34.6 Å². The predicted octanol–water partition coefficient (Wildman–Crippen LogP) is 10.5. The van der Waals surface area contributed by atoms with Crippen LogP contribution in [0.1, 0.15) is 117 Å². The zero-order valence-corrected chi connectivity index (χ0v) is 29.6. The summed E-state index contributed by atoms with van der Waals surface area (Å²) in [6.07, 6.45) is 19.1. The maximum absolute atomic E-state index is 11.3. The lowest BCUT2D eigenvalue weighted by Crippen LogP contribution is -2.54. The molecular formula is C42H60N2O3. The lowest BCUT2D eigenvalue weighted by molar-refractivity contribution is -0.131. The molecule has 4 aliphatic rings. The Bertz CT molecular complexity index is 1470. The molecule has 9 atom stereocenters. The molecule has 0 aromatic heterocycles. The molecule has 4 aliphatic carbocycles. The van der Waals surface area contributed by atoms with Gasteiger partial charge in [0.2, 0.25) is 0 Å². The van der Waals surface area contributed by atoms with E-state index in [9.17, 15) is 9.90 Å². The van der Waals surface area contributed by atoms with Crippen molar-refractivity contribution in [3.05, 3.63) is 48.0 Å². The van der Waals surface area contributed by atoms with Gasteiger partial charge >= 0.3 is 5.97 Å². The van der Waals surface area contributed by atoms with Gasteiger partial charge in [0.1, 0.15) is 5.75 Å². The molecule has 2 aromatic carbocycles. The summed E-state index contributed by atoms with van der Waals surface area (Å²) in [7, 11) is 0. The summed E-state index contributed by atoms with van der Waals surface area (Å²) in [6.45, 7) is 12.7. The van der Waals surface area contributed by atoms with E-state index in [0.717, 1.165) is 70.8 Å². The second-order valence-electron chi connectivity index (χ2n) is 17.0. The van der Waals surface area contributed by atoms with Gasteiger partial charge in [-0.15, -0.1) is 0 Å². The number of carboxylic acids is 1. The molecule has 0 aliphatic heterocycles. The molecule has 6 rings (SSSR count). The molecule has 0 amide bonds. The molecule has 4 fully saturated rings. The maximum Gasteiger partial charge on any atom is 0.328 e. The van der Waals surface area contributed by atoms with Gasteiger partial charge < -0.3 is 21.3 Å². The van der Waals surface area contributed by atoms with Crippen LogP contribution in [0.25, 0.3) is 17.2 Å². The molecule has 0 spiro atoms. The van der Waals surface area contributed by atoms with Crippen LogP contribution >= 0.6 is 0 Å². The Labute approximate surface area is 283 Å². The van der Waals surface area contributed by atoms with E-state index < -0.39 is 5.97 Å². The fourth-order valence-electron chi connectivity index (χ4n) is 11.5. The highest BCUT2D eigenvalue weighted by molar-refractivity contribution is 5.90. The van der Waals surface area contributed by atoms with Crippen LogP contribution in [0.2, 0.25) is 0 Å². The molecule has 0 radical (unpaired) electrons. The smallest absolute Gasteiger partial charge is 0.328 e. The Kier molecular flexibility index (Phi) is 9.76. The molecule has 5 heteroatoms. The predicted molar refractivity (Wildman–Crippen MR) is 195 cm³/mol. The van der Waals surface area contributed by atoms with E-state index >= 15 is 0 Å². The van der Waals surface area contributed by atoms with Gasteiger partial charge in [0.05, 0.1) is 6.10 Å². The van der Waals surface area contributed by atoms with Gasteiger partial charge in [0.25, 0.3) is 0 Å². The third kappa shape index (κ3) is 6.70. The SMILES string of the molecule is CC(C)CCC[C@@H](C)[C@H]1CC[C@H]2[C@@H]3CCC4CC(Oc5ccc(/C=C/C(=O)O)c(-c6ccc(N)cc6N)c5)CC[C@]4(C)[C@H]3CC[C@]12C. The molecular weight excluding hydrogens is 580 g/mol. The van der Waals surface area contributed by atoms with Crippen molar-refractivity contribution in [2.45, 2.75) is 118 Å². The van der Waals surface area contributed by atoms with Gasteiger partial charge in [0.15, 0.2) is 0 Å². The first-order chi connectivity index (χ1) is 22.4. The average molecular weight is 641 g/mol. The fraction of sp³-hybridized carbons (Fsp3) is 0.643. The number of anilines is 2. The number of fused-ring (bicyclic) bond motifs is 5. The minimum atomic E-state index is -0.983. The Morgan fingerprint density at radius 2 is 1.68 bits per heavy atom. The van der Waals surface area contributed by atoms with E-state index in [1.807, 2.05) is 30.3 Å². The third-order valence-electron chi connectivity index (χ3n) is 13.9. The van der Waals surface area contributed by atoms with E-state index in [-0.39, 0.29) is 6.10 Å². The Morgan fingerprint density at radius 1 is 0.915 bits per heavy atom. The minimum absolute atomic E-state index is 0.193. The van der Waals surface area contributed by atoms with E-state index in [0.29, 0.717) is 28.1 Å². The molecule has 256 valence electrons. The first-order valence-electron chi connectivity index (χ1n) is 18.8. The van der Waals surface area contributed by atoms with Crippen molar-refractivity contribution in [1.29, 1.82) is 0 Å². The summed E-state index contributed by atoms with van der Waals surface area (Å²) in [5.41, 5.74) is 17.0. The number of hydrogen-bond donors (Lipinski definition) is 3. The van der Waals surface area contributed by atoms with E-state index in [1.54, 1.807) is 12.1 Å². The second kappa shape index (κ2) is 13.5. The number of carbonyl (C=O) groups is 1. The highest BCUT2D eigenvalue weighted by Crippen LogP contribution is 2.68. The largest absolute Gasteiger partial charge is 0.490 e. The number of hydrogen-bond acceptors (Lipinski definition) is 4. The van der Waals surface area contributed by atoms with Crippen molar-refractivity contribution < 1.29 is 14.6 Å². The molecule has 0 saturated heterocycles. The molecule has 2 aromatic rings. The molecule has 4 saturated carbocycles. The van der Waals surface area contributed by atoms with Gasteiger partial charge in [-0.05, 0) is 152 Å². The monoisotopic (exact) mass is 640 g/mol. The molecule has 47 heavy (non-hydrogen) atoms. The van der Waals surface area contributed by atoms with Crippen molar-refractivity contribution in [2.75, 3.05) is 11.5 Å². The van der Waals surface area contributed by atoms with Crippen molar-refractivity contribution >= 4 is 23.4 Å². The van der Waals surface area contributed by atoms with Gasteiger partial charge in [0, 0.05) is 23.0 Å². The molecule has 5 N–H and O–H groups in total. The van der Waals surface area contributed by atoms with Gasteiger partial charge in [-0.3, -0.25) is 0 Å². The number of aliphatic carboxylic acids is 1. The zero-order chi connectivity index (χ0) is 33.5. The first-order valence-corrected chi connectivity index (χ1v) is 18.8. The van der Waals surface area contributed by atoms with Crippen molar-refractivity contribution in [3.8, 4) is 16.9 Å². The van der Waals surface area contributed by atoms with Crippen molar-refractivity contribution in [2.24, 2.45) is 52.3 Å². The number of nitrogen functional groups attached to an aromatic ring is 2. The van der Waals surface area contributed by atoms with Crippen LogP contribution in [0.3, 0.4) is 0 Å². The Morgan fingerprint density at radius 3 is 2.43 bits per heavy atom. The highest BCUT2D eigenvalue weighted by Gasteiger charge is 2.60. The molecule has 2 unspecified atom stereocenters. The van der Waals surface area contributed by atoms with E-state index in [4.69, 9.17) is 16.2 Å². The van der Waals surface area contributed by atoms with Gasteiger partial charge in [-0.1, -0.05) is 66.0 Å². The highest BCUT2D eigenvalue weighted by atomic mass is 16.5. The maximum atomic E-state index is 11.3. The standard InChI is InChI=1S/C42H60N2O3/c1-26(2)7-6-8-27(3)36-16-17-37-34-14-11-29-23-32(19-21-41(29,4)38(34)20-22-42(36,37)5)47-31-13-9-28(10-18-40(45)46)35(25-31)33-15-12-30(43)24-39(33)44/h9-10,12-13,15,18,24-27,29,32,34,36-38H,6-8,11,14,16-17,19-23,43-44H2,1-5H3,(H,45,46)/b18-10+/t27-,29?,32?,34+,36-,37+,38+,41+,42-/m1/s1. The lowest BCUT2D eigenvalue weighted by Gasteiger charge is -2.61. The average Bonchev–Trinajstić information content (AvgIpc) is 3.38. The zero-order valence-electron chi connectivity index (χ0n) is 29.6. The van der Waals surface area contributed by atoms with E-state index in [1.165, 1.54) is 70.3 Å². The minimum Gasteiger partial charge on any atom is -0.490 e. The summed E-state index contributed by atoms with van der Waals surface area (Å²) < 4.78 is 6.76. The van der Waals surface area contributed by atoms with Crippen LogP contribution in [-0.4, -0.2) is 17.2 Å². The van der Waals surface area contributed by atoms with Gasteiger partial charge in [-0.25, -0.2) is 4.79 Å². The molecule has 0 heterocycles. The number of carboxylic acid groups (broad SMARTS) is 1. The summed E-state index contributed by atoms with van der Waals surface area (Å²) in [4.78, 5) is 11.3. The van der Waals surface area contributed by atoms with Crippen LogP contribution in [0.5, 0.6) is 5.75 Å². The number of rotatable bonds is 10. The summed E-state index contributed by atoms with van der Waals surface area (Å²) in [5, 5.41) is 9.27. The quantitative estimate of drug-likeness (QED) is 0.177. The summed E-state index contributed by atoms with van der Waals surface area (Å²) in [5.74, 6) is 5.81. The Balaban J connectivity index is 1.14. The van der Waals surface area contributed by atoms with Crippen molar-refractivity contribution in [1.82, 2.24) is 0 Å². The lowest BCUT2D eigenvalue weighted by atomic mass is 9.44. The van der Waals surface area contributed by atoms with Crippen LogP contribution in [0.4, 0.5) is 11.4 Å². The fourth-order valence-corrected chi connectivity index (χ4v) is 11.5. The van der Waals surface area contributed by atoms with Crippen LogP contribution in [0, 0.1) is 52.3 Å². The molecule has 5 nitrogen and oxygen atoms in total. The second-order valence-corrected chi connectivity index (χ2v) is 17.0. The summed E-state index contributed by atoms with van der Waals surface area (Å²) in [6, 6.07) is 11.4. The number of ether oxygens (including phenoxy) is 1. The normalized spacial score (nSPS) is 34.1. The van der Waals surface area contributed by atoms with Crippen LogP contribution < -0.4 is 16.2 Å². The number of nitrogens with two attached hydrogens (primary N) is 2. The topological polar surface area (TPSA) is 98.6 Å². The molecule has 0 bridgehead atoms. The summed E-state index contributed by atoms with van der Waals surface area (Å²) >= 11 is 0. The Hall–Kier alpha value is -2.95. The first kappa shape index (κ1) is 33.9. The van der Waals surface area contributed by atoms with Crippen molar-refractivity contribution in [3.63, 3.8) is 0 Å².